The number of rotatable bonds is 7. The Kier molecular flexibility index (Phi) is 7.16. The van der Waals surface area contributed by atoms with Crippen molar-refractivity contribution >= 4 is 73.2 Å². The number of carbonyl (C=O) groups excluding carboxylic acids is 2. The first-order chi connectivity index (χ1) is 21.5. The third-order valence-corrected chi connectivity index (χ3v) is 7.65. The normalized spacial score (nSPS) is 16.5. The predicted octanol–water partition coefficient (Wildman–Crippen LogP) is 3.62. The second kappa shape index (κ2) is 11.1. The fraction of sp³-hybridized carbons (Fsp3) is 0. The van der Waals surface area contributed by atoms with Crippen molar-refractivity contribution < 1.29 is 32.5 Å². The zero-order valence-corrected chi connectivity index (χ0v) is 23.7. The van der Waals surface area contributed by atoms with Crippen LogP contribution in [-0.4, -0.2) is 57.0 Å². The van der Waals surface area contributed by atoms with Crippen LogP contribution < -0.4 is 16.6 Å². The lowest BCUT2D eigenvalue weighted by molar-refractivity contribution is -0.134. The minimum absolute atomic E-state index is 0.149. The summed E-state index contributed by atoms with van der Waals surface area (Å²) >= 11 is 0. The number of carboxylic acid groups (broad SMARTS) is 1. The molecule has 14 nitrogen and oxygen atoms in total. The Balaban J connectivity index is 1.21. The van der Waals surface area contributed by atoms with Crippen molar-refractivity contribution in [3.8, 4) is 11.4 Å². The topological polar surface area (TPSA) is 229 Å². The molecule has 0 unspecified atom stereocenters. The average Bonchev–Trinajstić information content (AvgIpc) is 3.43. The van der Waals surface area contributed by atoms with Crippen LogP contribution in [0.5, 0.6) is 0 Å². The summed E-state index contributed by atoms with van der Waals surface area (Å²) in [6.45, 7) is 0. The van der Waals surface area contributed by atoms with Gasteiger partial charge < -0.3 is 15.8 Å². The summed E-state index contributed by atoms with van der Waals surface area (Å²) in [6, 6.07) is 16.5. The van der Waals surface area contributed by atoms with Gasteiger partial charge in [-0.3, -0.25) is 25.0 Å². The van der Waals surface area contributed by atoms with Crippen molar-refractivity contribution in [1.82, 2.24) is 9.97 Å². The monoisotopic (exact) mass is 623 g/mol. The number of benzene rings is 3. The molecular weight excluding hydrogens is 602 g/mol. The number of hydrogen-bond donors (Lipinski definition) is 6. The molecular formula is C30H21N7O7S. The molecule has 2 aliphatic carbocycles. The van der Waals surface area contributed by atoms with Gasteiger partial charge in [0.15, 0.2) is 11.5 Å². The number of imidazole rings is 1. The quantitative estimate of drug-likeness (QED) is 0.0572. The van der Waals surface area contributed by atoms with Crippen molar-refractivity contribution in [2.45, 2.75) is 0 Å². The highest BCUT2D eigenvalue weighted by atomic mass is 32.2. The molecule has 3 aromatic carbocycles. The number of hydrazone groups is 2. The van der Waals surface area contributed by atoms with E-state index in [2.05, 4.69) is 31.0 Å². The van der Waals surface area contributed by atoms with Crippen LogP contribution in [0.15, 0.2) is 99.6 Å². The molecule has 0 amide bonds. The maximum Gasteiger partial charge on any atom is 0.339 e. The second-order valence-corrected chi connectivity index (χ2v) is 11.2. The van der Waals surface area contributed by atoms with Crippen molar-refractivity contribution in [2.24, 2.45) is 10.2 Å². The summed E-state index contributed by atoms with van der Waals surface area (Å²) in [5.74, 6) is -2.11. The van der Waals surface area contributed by atoms with Gasteiger partial charge >= 0.3 is 5.97 Å². The Labute approximate surface area is 254 Å². The summed E-state index contributed by atoms with van der Waals surface area (Å²) in [7, 11) is -4.78. The number of hydrogen-bond acceptors (Lipinski definition) is 11. The number of nitrogen functional groups attached to an aromatic ring is 1. The molecule has 0 saturated carbocycles. The molecule has 15 heteroatoms. The van der Waals surface area contributed by atoms with Crippen LogP contribution in [0.2, 0.25) is 0 Å². The number of allylic oxidation sites excluding steroid dienone is 4. The Hall–Kier alpha value is -6.19. The fourth-order valence-corrected chi connectivity index (χ4v) is 5.23. The fourth-order valence-electron chi connectivity index (χ4n) is 4.57. The number of Topliss-reactive ketones (excluding diaryl/α,β-unsaturated/α-hetero) is 1. The van der Waals surface area contributed by atoms with Gasteiger partial charge in [-0.05, 0) is 84.5 Å². The molecule has 0 radical (unpaired) electrons. The number of nitrogens with two attached hydrogens (primary N) is 1. The molecule has 1 heterocycles. The van der Waals surface area contributed by atoms with E-state index in [1.165, 1.54) is 30.4 Å². The summed E-state index contributed by atoms with van der Waals surface area (Å²) < 4.78 is 33.9. The van der Waals surface area contributed by atoms with Crippen LogP contribution in [-0.2, 0) is 19.7 Å². The zero-order chi connectivity index (χ0) is 31.9. The number of H-pyrrole nitrogens is 1. The molecule has 45 heavy (non-hydrogen) atoms. The lowest BCUT2D eigenvalue weighted by atomic mass is 9.94. The molecule has 2 aliphatic rings. The molecule has 0 saturated heterocycles. The first kappa shape index (κ1) is 28.9. The van der Waals surface area contributed by atoms with Crippen LogP contribution in [0.3, 0.4) is 0 Å². The maximum absolute atomic E-state index is 13.1. The molecule has 0 atom stereocenters. The van der Waals surface area contributed by atoms with Crippen molar-refractivity contribution in [1.29, 1.82) is 0 Å². The van der Waals surface area contributed by atoms with Gasteiger partial charge in [-0.2, -0.15) is 18.6 Å². The number of aromatic nitrogens is 2. The van der Waals surface area contributed by atoms with Crippen LogP contribution in [0.1, 0.15) is 15.9 Å². The summed E-state index contributed by atoms with van der Waals surface area (Å²) in [4.78, 5) is 43.1. The Morgan fingerprint density at radius 2 is 1.64 bits per heavy atom. The Morgan fingerprint density at radius 1 is 0.911 bits per heavy atom. The molecule has 7 N–H and O–H groups in total. The van der Waals surface area contributed by atoms with Gasteiger partial charge in [0.25, 0.3) is 10.1 Å². The number of carboxylic acids is 1. The minimum atomic E-state index is -4.78. The van der Waals surface area contributed by atoms with Gasteiger partial charge in [0, 0.05) is 16.8 Å². The Morgan fingerprint density at radius 3 is 2.38 bits per heavy atom. The second-order valence-electron chi connectivity index (χ2n) is 9.84. The summed E-state index contributed by atoms with van der Waals surface area (Å²) in [5, 5.41) is 17.3. The maximum atomic E-state index is 13.1. The molecule has 0 fully saturated rings. The van der Waals surface area contributed by atoms with Crippen molar-refractivity contribution in [3.05, 3.63) is 100 Å². The third kappa shape index (κ3) is 5.88. The SMILES string of the molecule is Nc1ccc2c(c1)C(=O)/C(=N\Nc1ccc3[nH]c(-c4ccc(N/N=C5\C=CC(=O)C(C(=O)O)=C5)cc4)nc3c1)C(S(=O)(=O)O)=C2. The standard InChI is InChI=1S/C30H21N7O7S/c31-17-4-1-16-11-26(45(42,43)44)27(28(39)21(16)12-17)37-36-20-7-9-23-24(14-20)33-29(32-23)15-2-5-18(6-3-15)34-35-19-8-10-25(38)22(13-19)30(40)41/h1-14,34,36H,31H2,(H,32,33)(H,40,41)(H,42,43,44)/b35-19+,37-27-. The van der Waals surface area contributed by atoms with Crippen molar-refractivity contribution in [3.63, 3.8) is 0 Å². The van der Waals surface area contributed by atoms with Crippen LogP contribution in [0, 0.1) is 0 Å². The highest BCUT2D eigenvalue weighted by Gasteiger charge is 2.33. The number of ketones is 2. The van der Waals surface area contributed by atoms with Gasteiger partial charge in [-0.25, -0.2) is 9.78 Å². The van der Waals surface area contributed by atoms with E-state index in [0.717, 1.165) is 17.7 Å². The molecule has 4 aromatic rings. The zero-order valence-electron chi connectivity index (χ0n) is 22.8. The van der Waals surface area contributed by atoms with E-state index in [-0.39, 0.29) is 22.4 Å². The Bertz CT molecular complexity index is 2210. The number of nitrogens with one attached hydrogen (secondary N) is 3. The van der Waals surface area contributed by atoms with Gasteiger partial charge in [0.05, 0.1) is 28.1 Å². The largest absolute Gasteiger partial charge is 0.478 e. The molecule has 6 rings (SSSR count). The first-order valence-corrected chi connectivity index (χ1v) is 14.5. The van der Waals surface area contributed by atoms with E-state index >= 15 is 0 Å². The van der Waals surface area contributed by atoms with Crippen LogP contribution >= 0.6 is 0 Å². The number of carbonyl (C=O) groups is 3. The van der Waals surface area contributed by atoms with E-state index in [1.54, 1.807) is 42.5 Å². The van der Waals surface area contributed by atoms with Gasteiger partial charge in [-0.1, -0.05) is 6.07 Å². The lowest BCUT2D eigenvalue weighted by Crippen LogP contribution is -2.27. The van der Waals surface area contributed by atoms with E-state index in [0.29, 0.717) is 33.9 Å². The number of fused-ring (bicyclic) bond motifs is 2. The number of anilines is 3. The number of nitrogens with zero attached hydrogens (tertiary/aromatic N) is 3. The number of aliphatic carboxylic acids is 1. The highest BCUT2D eigenvalue weighted by molar-refractivity contribution is 7.91. The number of aromatic amines is 1. The lowest BCUT2D eigenvalue weighted by Gasteiger charge is -2.16. The molecule has 0 bridgehead atoms. The van der Waals surface area contributed by atoms with Crippen molar-refractivity contribution in [2.75, 3.05) is 16.6 Å². The smallest absolute Gasteiger partial charge is 0.339 e. The molecule has 0 aliphatic heterocycles. The average molecular weight is 624 g/mol. The molecule has 0 spiro atoms. The van der Waals surface area contributed by atoms with Crippen LogP contribution in [0.4, 0.5) is 17.1 Å². The summed E-state index contributed by atoms with van der Waals surface area (Å²) in [5.41, 5.74) is 14.4. The summed E-state index contributed by atoms with van der Waals surface area (Å²) in [6.07, 6.45) is 4.89. The molecule has 224 valence electrons. The van der Waals surface area contributed by atoms with Gasteiger partial charge in [0.1, 0.15) is 16.3 Å². The van der Waals surface area contributed by atoms with E-state index in [1.807, 2.05) is 0 Å². The van der Waals surface area contributed by atoms with E-state index < -0.39 is 38.3 Å². The highest BCUT2D eigenvalue weighted by Crippen LogP contribution is 2.28. The third-order valence-electron chi connectivity index (χ3n) is 6.78. The first-order valence-electron chi connectivity index (χ1n) is 13.0. The van der Waals surface area contributed by atoms with E-state index in [9.17, 15) is 27.4 Å². The molecule has 1 aromatic heterocycles. The van der Waals surface area contributed by atoms with E-state index in [4.69, 9.17) is 10.8 Å². The minimum Gasteiger partial charge on any atom is -0.478 e. The van der Waals surface area contributed by atoms with Gasteiger partial charge in [0.2, 0.25) is 5.78 Å². The van der Waals surface area contributed by atoms with Gasteiger partial charge in [-0.15, -0.1) is 0 Å². The predicted molar refractivity (Wildman–Crippen MR) is 168 cm³/mol. The van der Waals surface area contributed by atoms with Crippen LogP contribution in [0.25, 0.3) is 28.5 Å².